The van der Waals surface area contributed by atoms with Crippen molar-refractivity contribution in [2.75, 3.05) is 14.2 Å². The molecule has 2 N–H and O–H groups in total. The van der Waals surface area contributed by atoms with E-state index in [9.17, 15) is 0 Å². The SMILES string of the molecule is COc1ccc(C2=C3C=CNC3NC=C2)cc1OC. The second kappa shape index (κ2) is 4.72. The van der Waals surface area contributed by atoms with Gasteiger partial charge in [-0.25, -0.2) is 0 Å². The Morgan fingerprint density at radius 3 is 2.42 bits per heavy atom. The minimum absolute atomic E-state index is 0.160. The summed E-state index contributed by atoms with van der Waals surface area (Å²) in [5.41, 5.74) is 3.53. The van der Waals surface area contributed by atoms with Gasteiger partial charge < -0.3 is 20.1 Å². The number of rotatable bonds is 3. The maximum Gasteiger partial charge on any atom is 0.161 e. The molecule has 98 valence electrons. The Hall–Kier alpha value is -2.36. The van der Waals surface area contributed by atoms with Gasteiger partial charge in [0.2, 0.25) is 0 Å². The number of benzene rings is 1. The van der Waals surface area contributed by atoms with Crippen molar-refractivity contribution in [3.8, 4) is 11.5 Å². The lowest BCUT2D eigenvalue weighted by molar-refractivity contribution is 0.355. The predicted octanol–water partition coefficient (Wildman–Crippen LogP) is 2.02. The van der Waals surface area contributed by atoms with E-state index >= 15 is 0 Å². The molecule has 0 spiro atoms. The van der Waals surface area contributed by atoms with E-state index in [-0.39, 0.29) is 6.17 Å². The van der Waals surface area contributed by atoms with E-state index in [1.807, 2.05) is 30.6 Å². The Bertz CT molecular complexity index is 588. The van der Waals surface area contributed by atoms with Crippen LogP contribution in [0.1, 0.15) is 5.56 Å². The van der Waals surface area contributed by atoms with Crippen molar-refractivity contribution >= 4 is 5.57 Å². The van der Waals surface area contributed by atoms with Gasteiger partial charge in [0, 0.05) is 5.57 Å². The number of dihydropyridines is 1. The van der Waals surface area contributed by atoms with Crippen LogP contribution in [0.2, 0.25) is 0 Å². The van der Waals surface area contributed by atoms with Gasteiger partial charge in [-0.15, -0.1) is 0 Å². The summed E-state index contributed by atoms with van der Waals surface area (Å²) in [5, 5.41) is 6.52. The van der Waals surface area contributed by atoms with Gasteiger partial charge in [0.1, 0.15) is 6.17 Å². The fraction of sp³-hybridized carbons (Fsp3) is 0.200. The van der Waals surface area contributed by atoms with Gasteiger partial charge in [0.25, 0.3) is 0 Å². The fourth-order valence-electron chi connectivity index (χ4n) is 2.39. The average Bonchev–Trinajstić information content (AvgIpc) is 2.94. The van der Waals surface area contributed by atoms with Gasteiger partial charge in [-0.1, -0.05) is 6.07 Å². The third-order valence-electron chi connectivity index (χ3n) is 3.36. The van der Waals surface area contributed by atoms with E-state index in [1.165, 1.54) is 11.1 Å². The molecule has 2 aliphatic heterocycles. The molecule has 4 nitrogen and oxygen atoms in total. The molecule has 19 heavy (non-hydrogen) atoms. The first-order valence-corrected chi connectivity index (χ1v) is 6.15. The first kappa shape index (κ1) is 11.7. The summed E-state index contributed by atoms with van der Waals surface area (Å²) in [6.07, 6.45) is 8.24. The van der Waals surface area contributed by atoms with Crippen LogP contribution in [0.3, 0.4) is 0 Å². The van der Waals surface area contributed by atoms with Crippen molar-refractivity contribution in [2.45, 2.75) is 6.17 Å². The summed E-state index contributed by atoms with van der Waals surface area (Å²) >= 11 is 0. The maximum atomic E-state index is 5.36. The predicted molar refractivity (Wildman–Crippen MR) is 74.8 cm³/mol. The third-order valence-corrected chi connectivity index (χ3v) is 3.36. The van der Waals surface area contributed by atoms with E-state index in [0.717, 1.165) is 17.1 Å². The molecule has 0 bridgehead atoms. The Morgan fingerprint density at radius 2 is 1.68 bits per heavy atom. The molecule has 1 atom stereocenters. The smallest absolute Gasteiger partial charge is 0.161 e. The van der Waals surface area contributed by atoms with E-state index in [2.05, 4.69) is 22.8 Å². The highest BCUT2D eigenvalue weighted by molar-refractivity contribution is 5.81. The van der Waals surface area contributed by atoms with Crippen LogP contribution in [0.4, 0.5) is 0 Å². The highest BCUT2D eigenvalue weighted by Crippen LogP contribution is 2.34. The Morgan fingerprint density at radius 1 is 0.947 bits per heavy atom. The highest BCUT2D eigenvalue weighted by atomic mass is 16.5. The molecular formula is C15H16N2O2. The van der Waals surface area contributed by atoms with Gasteiger partial charge in [0.05, 0.1) is 14.2 Å². The van der Waals surface area contributed by atoms with Crippen LogP contribution in [0.25, 0.3) is 5.57 Å². The van der Waals surface area contributed by atoms with Gasteiger partial charge in [0.15, 0.2) is 11.5 Å². The van der Waals surface area contributed by atoms with Crippen LogP contribution in [0.15, 0.2) is 48.3 Å². The number of allylic oxidation sites excluding steroid dienone is 2. The second-order valence-electron chi connectivity index (χ2n) is 4.37. The molecule has 2 aliphatic rings. The average molecular weight is 256 g/mol. The summed E-state index contributed by atoms with van der Waals surface area (Å²) in [5.74, 6) is 1.48. The lowest BCUT2D eigenvalue weighted by Gasteiger charge is -2.21. The molecule has 0 radical (unpaired) electrons. The quantitative estimate of drug-likeness (QED) is 0.868. The largest absolute Gasteiger partial charge is 0.493 e. The van der Waals surface area contributed by atoms with Crippen LogP contribution in [0, 0.1) is 0 Å². The normalized spacial score (nSPS) is 19.8. The lowest BCUT2D eigenvalue weighted by atomic mass is 9.96. The van der Waals surface area contributed by atoms with Crippen LogP contribution >= 0.6 is 0 Å². The molecule has 4 heteroatoms. The van der Waals surface area contributed by atoms with Crippen LogP contribution < -0.4 is 20.1 Å². The Balaban J connectivity index is 2.07. The first-order valence-electron chi connectivity index (χ1n) is 6.15. The van der Waals surface area contributed by atoms with Crippen molar-refractivity contribution in [2.24, 2.45) is 0 Å². The van der Waals surface area contributed by atoms with Gasteiger partial charge in [-0.3, -0.25) is 0 Å². The summed E-state index contributed by atoms with van der Waals surface area (Å²) < 4.78 is 10.6. The Kier molecular flexibility index (Phi) is 2.91. The van der Waals surface area contributed by atoms with Crippen molar-refractivity contribution in [3.63, 3.8) is 0 Å². The monoisotopic (exact) mass is 256 g/mol. The lowest BCUT2D eigenvalue weighted by Crippen LogP contribution is -2.36. The standard InChI is InChI=1S/C15H16N2O2/c1-18-13-4-3-10(9-14(13)19-2)11-5-7-16-15-12(11)6-8-17-15/h3-9,15-17H,1-2H3. The number of hydrogen-bond donors (Lipinski definition) is 2. The second-order valence-corrected chi connectivity index (χ2v) is 4.37. The maximum absolute atomic E-state index is 5.36. The topological polar surface area (TPSA) is 42.5 Å². The first-order chi connectivity index (χ1) is 9.33. The molecule has 1 unspecified atom stereocenters. The van der Waals surface area contributed by atoms with Crippen molar-refractivity contribution in [1.29, 1.82) is 0 Å². The number of nitrogens with one attached hydrogen (secondary N) is 2. The van der Waals surface area contributed by atoms with Crippen LogP contribution in [-0.4, -0.2) is 20.4 Å². The van der Waals surface area contributed by atoms with E-state index < -0.39 is 0 Å². The molecule has 0 aromatic heterocycles. The third kappa shape index (κ3) is 1.95. The van der Waals surface area contributed by atoms with Crippen molar-refractivity contribution in [3.05, 3.63) is 53.9 Å². The molecule has 3 rings (SSSR count). The molecule has 0 fully saturated rings. The van der Waals surface area contributed by atoms with Crippen molar-refractivity contribution in [1.82, 2.24) is 10.6 Å². The van der Waals surface area contributed by atoms with Crippen LogP contribution in [0.5, 0.6) is 11.5 Å². The fourth-order valence-corrected chi connectivity index (χ4v) is 2.39. The molecule has 0 saturated heterocycles. The van der Waals surface area contributed by atoms with Gasteiger partial charge in [-0.2, -0.15) is 0 Å². The number of hydrogen-bond acceptors (Lipinski definition) is 4. The molecule has 0 amide bonds. The van der Waals surface area contributed by atoms with Crippen molar-refractivity contribution < 1.29 is 9.47 Å². The molecule has 1 aromatic rings. The minimum Gasteiger partial charge on any atom is -0.493 e. The number of fused-ring (bicyclic) bond motifs is 1. The minimum atomic E-state index is 0.160. The summed E-state index contributed by atoms with van der Waals surface area (Å²) in [7, 11) is 3.29. The molecule has 2 heterocycles. The zero-order chi connectivity index (χ0) is 13.2. The molecule has 0 saturated carbocycles. The summed E-state index contributed by atoms with van der Waals surface area (Å²) in [4.78, 5) is 0. The molecule has 1 aromatic carbocycles. The Labute approximate surface area is 112 Å². The highest BCUT2D eigenvalue weighted by Gasteiger charge is 2.21. The number of methoxy groups -OCH3 is 2. The number of ether oxygens (including phenoxy) is 2. The van der Waals surface area contributed by atoms with Gasteiger partial charge in [-0.05, 0) is 47.8 Å². The zero-order valence-corrected chi connectivity index (χ0v) is 10.9. The molecular weight excluding hydrogens is 240 g/mol. The van der Waals surface area contributed by atoms with E-state index in [4.69, 9.17) is 9.47 Å². The van der Waals surface area contributed by atoms with Gasteiger partial charge >= 0.3 is 0 Å². The van der Waals surface area contributed by atoms with E-state index in [0.29, 0.717) is 0 Å². The van der Waals surface area contributed by atoms with E-state index in [1.54, 1.807) is 14.2 Å². The van der Waals surface area contributed by atoms with Crippen LogP contribution in [-0.2, 0) is 0 Å². The summed E-state index contributed by atoms with van der Waals surface area (Å²) in [6, 6.07) is 5.97. The molecule has 0 aliphatic carbocycles. The summed E-state index contributed by atoms with van der Waals surface area (Å²) in [6.45, 7) is 0. The zero-order valence-electron chi connectivity index (χ0n) is 10.9.